The number of rotatable bonds is 3. The van der Waals surface area contributed by atoms with E-state index in [1.807, 2.05) is 6.07 Å². The molecule has 0 amide bonds. The molecule has 1 unspecified atom stereocenters. The number of hydrogen-bond acceptors (Lipinski definition) is 6. The molecule has 8 nitrogen and oxygen atoms in total. The Balaban J connectivity index is 2.01. The summed E-state index contributed by atoms with van der Waals surface area (Å²) in [5.41, 5.74) is -0.477. The number of fused-ring (bicyclic) bond motifs is 1. The Morgan fingerprint density at radius 2 is 2.12 bits per heavy atom. The zero-order valence-electron chi connectivity index (χ0n) is 12.8. The number of halogens is 4. The second kappa shape index (κ2) is 5.89. The predicted octanol–water partition coefficient (Wildman–Crippen LogP) is 3.11. The number of hydrogen-bond donors (Lipinski definition) is 0. The van der Waals surface area contributed by atoms with Gasteiger partial charge in [0.1, 0.15) is 22.3 Å². The van der Waals surface area contributed by atoms with Gasteiger partial charge in [-0.15, -0.1) is 10.2 Å². The van der Waals surface area contributed by atoms with Crippen molar-refractivity contribution < 1.29 is 17.9 Å². The number of nitrogens with zero attached hydrogens (tertiary/aromatic N) is 7. The average Bonchev–Trinajstić information content (AvgIpc) is 3.07. The molecule has 3 aromatic heterocycles. The number of aryl methyl sites for hydroxylation is 1. The van der Waals surface area contributed by atoms with Crippen molar-refractivity contribution in [3.63, 3.8) is 0 Å². The van der Waals surface area contributed by atoms with Gasteiger partial charge in [0.2, 0.25) is 5.65 Å². The lowest BCUT2D eigenvalue weighted by Crippen LogP contribution is -2.12. The summed E-state index contributed by atoms with van der Waals surface area (Å²) < 4.78 is 46.1. The van der Waals surface area contributed by atoms with E-state index in [1.54, 1.807) is 6.92 Å². The molecule has 3 heterocycles. The molecule has 3 aromatic rings. The van der Waals surface area contributed by atoms with E-state index in [2.05, 4.69) is 20.4 Å². The third-order valence-electron chi connectivity index (χ3n) is 3.30. The summed E-state index contributed by atoms with van der Waals surface area (Å²) in [4.78, 5) is 3.99. The second-order valence-electron chi connectivity index (χ2n) is 5.04. The van der Waals surface area contributed by atoms with E-state index in [1.165, 1.54) is 16.9 Å². The van der Waals surface area contributed by atoms with Crippen LogP contribution in [0.3, 0.4) is 0 Å². The van der Waals surface area contributed by atoms with Gasteiger partial charge >= 0.3 is 6.18 Å². The van der Waals surface area contributed by atoms with E-state index >= 15 is 0 Å². The zero-order chi connectivity index (χ0) is 18.4. The van der Waals surface area contributed by atoms with Gasteiger partial charge in [-0.25, -0.2) is 9.67 Å². The quantitative estimate of drug-likeness (QED) is 0.702. The molecule has 1 atom stereocenters. The molecule has 0 radical (unpaired) electrons. The largest absolute Gasteiger partial charge is 0.435 e. The van der Waals surface area contributed by atoms with Gasteiger partial charge in [0.05, 0.1) is 12.3 Å². The Bertz CT molecular complexity index is 988. The molecule has 0 bridgehead atoms. The summed E-state index contributed by atoms with van der Waals surface area (Å²) >= 11 is 5.74. The van der Waals surface area contributed by atoms with Crippen LogP contribution in [0.2, 0.25) is 5.02 Å². The van der Waals surface area contributed by atoms with E-state index < -0.39 is 28.8 Å². The van der Waals surface area contributed by atoms with Gasteiger partial charge in [-0.05, 0) is 6.92 Å². The van der Waals surface area contributed by atoms with Crippen LogP contribution in [0.5, 0.6) is 11.6 Å². The van der Waals surface area contributed by atoms with Crippen molar-refractivity contribution in [3.8, 4) is 17.7 Å². The third kappa shape index (κ3) is 2.96. The smallest absolute Gasteiger partial charge is 0.434 e. The lowest BCUT2D eigenvalue weighted by molar-refractivity contribution is -0.143. The first-order valence-electron chi connectivity index (χ1n) is 6.80. The van der Waals surface area contributed by atoms with Crippen LogP contribution in [0.1, 0.15) is 18.7 Å². The molecule has 0 N–H and O–H groups in total. The molecule has 3 rings (SSSR count). The van der Waals surface area contributed by atoms with Gasteiger partial charge in [-0.2, -0.15) is 18.4 Å². The fraction of sp³-hybridized carbons (Fsp3) is 0.308. The van der Waals surface area contributed by atoms with Crippen LogP contribution in [0.25, 0.3) is 11.2 Å². The summed E-state index contributed by atoms with van der Waals surface area (Å²) in [5, 5.41) is 19.6. The molecule has 0 aromatic carbocycles. The van der Waals surface area contributed by atoms with Crippen LogP contribution in [0.15, 0.2) is 12.3 Å². The monoisotopic (exact) mass is 371 g/mol. The summed E-state index contributed by atoms with van der Waals surface area (Å²) in [6.07, 6.45) is -3.43. The minimum Gasteiger partial charge on any atom is -0.435 e. The van der Waals surface area contributed by atoms with E-state index in [0.717, 1.165) is 7.05 Å². The van der Waals surface area contributed by atoms with Crippen LogP contribution in [0.4, 0.5) is 13.2 Å². The fourth-order valence-corrected chi connectivity index (χ4v) is 2.47. The highest BCUT2D eigenvalue weighted by atomic mass is 35.5. The van der Waals surface area contributed by atoms with E-state index in [-0.39, 0.29) is 11.4 Å². The number of ether oxygens (including phenoxy) is 1. The van der Waals surface area contributed by atoms with Crippen molar-refractivity contribution in [1.82, 2.24) is 29.8 Å². The second-order valence-corrected chi connectivity index (χ2v) is 5.42. The number of nitriles is 1. The van der Waals surface area contributed by atoms with Crippen molar-refractivity contribution in [2.45, 2.75) is 19.1 Å². The van der Waals surface area contributed by atoms with Gasteiger partial charge in [-0.1, -0.05) is 16.8 Å². The molecule has 0 saturated carbocycles. The Morgan fingerprint density at radius 3 is 2.72 bits per heavy atom. The zero-order valence-corrected chi connectivity index (χ0v) is 13.5. The predicted molar refractivity (Wildman–Crippen MR) is 78.9 cm³/mol. The highest BCUT2D eigenvalue weighted by molar-refractivity contribution is 6.32. The third-order valence-corrected chi connectivity index (χ3v) is 3.64. The maximum Gasteiger partial charge on any atom is 0.434 e. The Hall–Kier alpha value is -2.87. The fourth-order valence-electron chi connectivity index (χ4n) is 2.17. The normalized spacial score (nSPS) is 13.0. The number of aromatic nitrogens is 6. The lowest BCUT2D eigenvalue weighted by Gasteiger charge is -2.06. The molecule has 0 aliphatic rings. The van der Waals surface area contributed by atoms with Gasteiger partial charge in [0, 0.05) is 13.1 Å². The van der Waals surface area contributed by atoms with Crippen molar-refractivity contribution in [1.29, 1.82) is 5.26 Å². The molecule has 25 heavy (non-hydrogen) atoms. The first-order valence-corrected chi connectivity index (χ1v) is 7.18. The molecule has 0 aliphatic heterocycles. The summed E-state index contributed by atoms with van der Waals surface area (Å²) in [7, 11) is 1.11. The van der Waals surface area contributed by atoms with Crippen LogP contribution < -0.4 is 4.74 Å². The van der Waals surface area contributed by atoms with Crippen LogP contribution in [-0.2, 0) is 13.2 Å². The molecule has 130 valence electrons. The van der Waals surface area contributed by atoms with Gasteiger partial charge in [0.15, 0.2) is 5.69 Å². The summed E-state index contributed by atoms with van der Waals surface area (Å²) in [5.74, 6) is -0.333. The minimum absolute atomic E-state index is 0.0786. The van der Waals surface area contributed by atoms with E-state index in [9.17, 15) is 13.2 Å². The first-order chi connectivity index (χ1) is 11.7. The van der Waals surface area contributed by atoms with Gasteiger partial charge < -0.3 is 4.74 Å². The Morgan fingerprint density at radius 1 is 1.40 bits per heavy atom. The molecule has 12 heteroatoms. The van der Waals surface area contributed by atoms with Crippen molar-refractivity contribution in [2.75, 3.05) is 0 Å². The minimum atomic E-state index is -4.67. The van der Waals surface area contributed by atoms with Crippen molar-refractivity contribution in [3.05, 3.63) is 23.0 Å². The highest BCUT2D eigenvalue weighted by Gasteiger charge is 2.39. The summed E-state index contributed by atoms with van der Waals surface area (Å²) in [6.45, 7) is 1.60. The molecular formula is C13H9ClF3N7O. The van der Waals surface area contributed by atoms with E-state index in [0.29, 0.717) is 10.2 Å². The van der Waals surface area contributed by atoms with Gasteiger partial charge in [0.25, 0.3) is 5.88 Å². The number of alkyl halides is 3. The topological polar surface area (TPSA) is 94.4 Å². The SMILES string of the molecule is CC(C#N)n1nnc2ncc(Oc3nn(C)c(C(F)(F)F)c3Cl)cc21. The van der Waals surface area contributed by atoms with Crippen LogP contribution >= 0.6 is 11.6 Å². The number of pyridine rings is 1. The molecule has 0 spiro atoms. The van der Waals surface area contributed by atoms with Crippen molar-refractivity contribution >= 4 is 22.8 Å². The Labute approximate surface area is 143 Å². The van der Waals surface area contributed by atoms with Crippen molar-refractivity contribution in [2.24, 2.45) is 7.05 Å². The van der Waals surface area contributed by atoms with Crippen LogP contribution in [-0.4, -0.2) is 29.8 Å². The molecular weight excluding hydrogens is 363 g/mol. The van der Waals surface area contributed by atoms with Crippen LogP contribution in [0, 0.1) is 11.3 Å². The first kappa shape index (κ1) is 17.0. The van der Waals surface area contributed by atoms with E-state index in [4.69, 9.17) is 21.6 Å². The molecule has 0 saturated heterocycles. The maximum atomic E-state index is 12.9. The molecule has 0 aliphatic carbocycles. The Kier molecular flexibility index (Phi) is 4.00. The molecule has 0 fully saturated rings. The van der Waals surface area contributed by atoms with Gasteiger partial charge in [-0.3, -0.25) is 4.68 Å². The lowest BCUT2D eigenvalue weighted by atomic mass is 10.3. The summed E-state index contributed by atoms with van der Waals surface area (Å²) in [6, 6.07) is 2.82. The highest BCUT2D eigenvalue weighted by Crippen LogP contribution is 2.40. The maximum absolute atomic E-state index is 12.9. The average molecular weight is 372 g/mol. The standard InChI is InChI=1S/C13H9ClF3N7O/c1-6(4-18)24-8-3-7(5-19-11(8)20-22-24)25-12-9(14)10(13(15,16)17)23(2)21-12/h3,5-6H,1-2H3.